The standard InChI is InChI=1S/C20H25NO2.ClH/c1-22-20-13-17(14-21-18-9-5-6-10-18)11-12-19(20)23-15-16-7-3-2-4-8-16;/h2-4,7-8,11-13,18,21H,5-6,9-10,14-15H2,1H3;1H. The Balaban J connectivity index is 0.00000208. The van der Waals surface area contributed by atoms with E-state index in [-0.39, 0.29) is 12.4 Å². The molecule has 0 aliphatic heterocycles. The van der Waals surface area contributed by atoms with Gasteiger partial charge in [0.25, 0.3) is 0 Å². The van der Waals surface area contributed by atoms with Crippen LogP contribution in [0.15, 0.2) is 48.5 Å². The van der Waals surface area contributed by atoms with Gasteiger partial charge < -0.3 is 14.8 Å². The molecule has 0 aromatic heterocycles. The van der Waals surface area contributed by atoms with Crippen molar-refractivity contribution in [2.24, 2.45) is 0 Å². The molecule has 2 aromatic carbocycles. The average molecular weight is 348 g/mol. The number of nitrogens with one attached hydrogen (secondary N) is 1. The number of ether oxygens (including phenoxy) is 2. The van der Waals surface area contributed by atoms with Crippen LogP contribution in [0.2, 0.25) is 0 Å². The largest absolute Gasteiger partial charge is 0.493 e. The molecule has 24 heavy (non-hydrogen) atoms. The van der Waals surface area contributed by atoms with E-state index in [9.17, 15) is 0 Å². The second-order valence-electron chi connectivity index (χ2n) is 6.12. The third-order valence-corrected chi connectivity index (χ3v) is 4.42. The fourth-order valence-electron chi connectivity index (χ4n) is 3.07. The molecule has 0 spiro atoms. The van der Waals surface area contributed by atoms with Crippen LogP contribution in [0.1, 0.15) is 36.8 Å². The van der Waals surface area contributed by atoms with Crippen LogP contribution in [0.4, 0.5) is 0 Å². The summed E-state index contributed by atoms with van der Waals surface area (Å²) in [5.41, 5.74) is 2.39. The second-order valence-corrected chi connectivity index (χ2v) is 6.12. The first-order valence-corrected chi connectivity index (χ1v) is 8.42. The average Bonchev–Trinajstić information content (AvgIpc) is 3.13. The van der Waals surface area contributed by atoms with Crippen LogP contribution in [0, 0.1) is 0 Å². The van der Waals surface area contributed by atoms with Crippen molar-refractivity contribution >= 4 is 12.4 Å². The molecule has 0 bridgehead atoms. The van der Waals surface area contributed by atoms with Gasteiger partial charge in [0, 0.05) is 12.6 Å². The van der Waals surface area contributed by atoms with Gasteiger partial charge in [-0.25, -0.2) is 0 Å². The number of benzene rings is 2. The third kappa shape index (κ3) is 5.15. The normalized spacial score (nSPS) is 14.2. The number of rotatable bonds is 7. The van der Waals surface area contributed by atoms with E-state index >= 15 is 0 Å². The number of halogens is 1. The Morgan fingerprint density at radius 3 is 2.42 bits per heavy atom. The summed E-state index contributed by atoms with van der Waals surface area (Å²) in [5, 5.41) is 3.63. The van der Waals surface area contributed by atoms with Crippen LogP contribution >= 0.6 is 12.4 Å². The predicted octanol–water partition coefficient (Wildman–Crippen LogP) is 4.73. The molecule has 2 aromatic rings. The van der Waals surface area contributed by atoms with Gasteiger partial charge in [-0.1, -0.05) is 49.2 Å². The zero-order chi connectivity index (χ0) is 15.9. The maximum Gasteiger partial charge on any atom is 0.161 e. The minimum atomic E-state index is 0. The molecule has 1 fully saturated rings. The molecule has 3 rings (SSSR count). The molecular formula is C20H26ClNO2. The molecular weight excluding hydrogens is 322 g/mol. The topological polar surface area (TPSA) is 30.5 Å². The van der Waals surface area contributed by atoms with Crippen molar-refractivity contribution < 1.29 is 9.47 Å². The van der Waals surface area contributed by atoms with Crippen molar-refractivity contribution in [1.82, 2.24) is 5.32 Å². The van der Waals surface area contributed by atoms with Crippen LogP contribution in [0.25, 0.3) is 0 Å². The lowest BCUT2D eigenvalue weighted by molar-refractivity contribution is 0.284. The first-order valence-electron chi connectivity index (χ1n) is 8.42. The van der Waals surface area contributed by atoms with Gasteiger partial charge in [0.2, 0.25) is 0 Å². The third-order valence-electron chi connectivity index (χ3n) is 4.42. The first kappa shape index (κ1) is 18.6. The van der Waals surface area contributed by atoms with Crippen molar-refractivity contribution in [3.05, 3.63) is 59.7 Å². The molecule has 3 nitrogen and oxygen atoms in total. The molecule has 1 N–H and O–H groups in total. The molecule has 1 aliphatic carbocycles. The van der Waals surface area contributed by atoms with Crippen molar-refractivity contribution in [2.45, 2.75) is 44.9 Å². The van der Waals surface area contributed by atoms with Crippen LogP contribution in [-0.2, 0) is 13.2 Å². The molecule has 0 atom stereocenters. The highest BCUT2D eigenvalue weighted by Gasteiger charge is 2.14. The quantitative estimate of drug-likeness (QED) is 0.785. The molecule has 1 aliphatic rings. The lowest BCUT2D eigenvalue weighted by Crippen LogP contribution is -2.25. The molecule has 1 saturated carbocycles. The lowest BCUT2D eigenvalue weighted by Gasteiger charge is -2.15. The van der Waals surface area contributed by atoms with E-state index in [1.807, 2.05) is 24.3 Å². The van der Waals surface area contributed by atoms with E-state index in [0.717, 1.165) is 23.6 Å². The van der Waals surface area contributed by atoms with Gasteiger partial charge >= 0.3 is 0 Å². The number of hydrogen-bond donors (Lipinski definition) is 1. The van der Waals surface area contributed by atoms with E-state index in [0.29, 0.717) is 12.6 Å². The lowest BCUT2D eigenvalue weighted by atomic mass is 10.1. The van der Waals surface area contributed by atoms with Crippen LogP contribution < -0.4 is 14.8 Å². The highest BCUT2D eigenvalue weighted by atomic mass is 35.5. The zero-order valence-electron chi connectivity index (χ0n) is 14.2. The first-order chi connectivity index (χ1) is 11.3. The second kappa shape index (κ2) is 9.55. The smallest absolute Gasteiger partial charge is 0.161 e. The van der Waals surface area contributed by atoms with Gasteiger partial charge in [-0.15, -0.1) is 12.4 Å². The summed E-state index contributed by atoms with van der Waals surface area (Å²) >= 11 is 0. The van der Waals surface area contributed by atoms with E-state index in [4.69, 9.17) is 9.47 Å². The Morgan fingerprint density at radius 1 is 0.958 bits per heavy atom. The van der Waals surface area contributed by atoms with Gasteiger partial charge in [0.05, 0.1) is 7.11 Å². The van der Waals surface area contributed by atoms with Crippen LogP contribution in [0.5, 0.6) is 11.5 Å². The summed E-state index contributed by atoms with van der Waals surface area (Å²) in [5.74, 6) is 1.59. The molecule has 4 heteroatoms. The van der Waals surface area contributed by atoms with Gasteiger partial charge in [-0.2, -0.15) is 0 Å². The van der Waals surface area contributed by atoms with Crippen LogP contribution in [-0.4, -0.2) is 13.2 Å². The minimum Gasteiger partial charge on any atom is -0.493 e. The Hall–Kier alpha value is -1.71. The van der Waals surface area contributed by atoms with Gasteiger partial charge in [-0.3, -0.25) is 0 Å². The van der Waals surface area contributed by atoms with Crippen molar-refractivity contribution in [1.29, 1.82) is 0 Å². The Morgan fingerprint density at radius 2 is 1.71 bits per heavy atom. The molecule has 0 amide bonds. The van der Waals surface area contributed by atoms with Crippen molar-refractivity contribution in [3.63, 3.8) is 0 Å². The summed E-state index contributed by atoms with van der Waals surface area (Å²) in [6.45, 7) is 1.44. The van der Waals surface area contributed by atoms with E-state index in [1.54, 1.807) is 7.11 Å². The highest BCUT2D eigenvalue weighted by molar-refractivity contribution is 5.85. The SMILES string of the molecule is COc1cc(CNC2CCCC2)ccc1OCc1ccccc1.Cl. The van der Waals surface area contributed by atoms with Gasteiger partial charge in [0.15, 0.2) is 11.5 Å². The summed E-state index contributed by atoms with van der Waals surface area (Å²) in [6, 6.07) is 17.0. The summed E-state index contributed by atoms with van der Waals surface area (Å²) in [4.78, 5) is 0. The van der Waals surface area contributed by atoms with Crippen LogP contribution in [0.3, 0.4) is 0 Å². The molecule has 0 unspecified atom stereocenters. The van der Waals surface area contributed by atoms with Gasteiger partial charge in [-0.05, 0) is 36.1 Å². The summed E-state index contributed by atoms with van der Waals surface area (Å²) in [6.07, 6.45) is 5.31. The summed E-state index contributed by atoms with van der Waals surface area (Å²) < 4.78 is 11.4. The Kier molecular flexibility index (Phi) is 7.41. The number of methoxy groups -OCH3 is 1. The molecule has 0 saturated heterocycles. The Labute approximate surface area is 150 Å². The van der Waals surface area contributed by atoms with Crippen molar-refractivity contribution in [2.75, 3.05) is 7.11 Å². The van der Waals surface area contributed by atoms with Crippen molar-refractivity contribution in [3.8, 4) is 11.5 Å². The monoisotopic (exact) mass is 347 g/mol. The maximum atomic E-state index is 5.90. The van der Waals surface area contributed by atoms with E-state index in [1.165, 1.54) is 31.2 Å². The predicted molar refractivity (Wildman–Crippen MR) is 100 cm³/mol. The highest BCUT2D eigenvalue weighted by Crippen LogP contribution is 2.29. The van der Waals surface area contributed by atoms with E-state index < -0.39 is 0 Å². The Bertz CT molecular complexity index is 612. The zero-order valence-corrected chi connectivity index (χ0v) is 15.0. The van der Waals surface area contributed by atoms with E-state index in [2.05, 4.69) is 29.6 Å². The molecule has 0 radical (unpaired) electrons. The maximum absolute atomic E-state index is 5.90. The van der Waals surface area contributed by atoms with Gasteiger partial charge in [0.1, 0.15) is 6.61 Å². The minimum absolute atomic E-state index is 0. The fraction of sp³-hybridized carbons (Fsp3) is 0.400. The number of hydrogen-bond acceptors (Lipinski definition) is 3. The molecule has 130 valence electrons. The summed E-state index contributed by atoms with van der Waals surface area (Å²) in [7, 11) is 1.69. The molecule has 0 heterocycles. The fourth-order valence-corrected chi connectivity index (χ4v) is 3.07.